The molecule has 7 rings (SSSR count). The van der Waals surface area contributed by atoms with Gasteiger partial charge < -0.3 is 9.97 Å². The van der Waals surface area contributed by atoms with Gasteiger partial charge in [-0.05, 0) is 36.4 Å². The Balaban J connectivity index is 1.52. The zero-order valence-corrected chi connectivity index (χ0v) is 16.8. The standard InChI is InChI=1S/C24H16N8/c1-3-7-23-15(5-1)17-9-11-19(25-17)22-14-32(30-28-22)24-8-4-2-6-16(24)18-10-12-20(26-18)21-13-31(23)29-27-21/h1-14,25-26H. The Labute approximate surface area is 182 Å². The molecular weight excluding hydrogens is 400 g/mol. The zero-order valence-electron chi connectivity index (χ0n) is 16.8. The Hall–Kier alpha value is -4.72. The highest BCUT2D eigenvalue weighted by atomic mass is 15.4. The number of hydrogen-bond acceptors (Lipinski definition) is 4. The van der Waals surface area contributed by atoms with Crippen molar-refractivity contribution in [3.63, 3.8) is 0 Å². The minimum Gasteiger partial charge on any atom is -0.353 e. The molecule has 1 aliphatic rings. The van der Waals surface area contributed by atoms with Crippen LogP contribution < -0.4 is 0 Å². The van der Waals surface area contributed by atoms with E-state index in [0.717, 1.165) is 56.7 Å². The molecule has 32 heavy (non-hydrogen) atoms. The van der Waals surface area contributed by atoms with Crippen LogP contribution in [0.25, 0.3) is 56.7 Å². The van der Waals surface area contributed by atoms with E-state index < -0.39 is 0 Å². The molecule has 4 aromatic heterocycles. The average molecular weight is 416 g/mol. The van der Waals surface area contributed by atoms with Crippen LogP contribution in [0.1, 0.15) is 0 Å². The smallest absolute Gasteiger partial charge is 0.129 e. The van der Waals surface area contributed by atoms with Crippen molar-refractivity contribution in [3.05, 3.63) is 85.2 Å². The number of aromatic amines is 2. The third-order valence-electron chi connectivity index (χ3n) is 5.79. The third kappa shape index (κ3) is 2.50. The van der Waals surface area contributed by atoms with E-state index in [1.165, 1.54) is 0 Å². The van der Waals surface area contributed by atoms with Gasteiger partial charge in [-0.15, -0.1) is 10.2 Å². The highest BCUT2D eigenvalue weighted by molar-refractivity contribution is 5.76. The molecule has 0 spiro atoms. The quantitative estimate of drug-likeness (QED) is 0.381. The molecule has 0 unspecified atom stereocenters. The van der Waals surface area contributed by atoms with Gasteiger partial charge in [0, 0.05) is 22.5 Å². The van der Waals surface area contributed by atoms with Crippen LogP contribution in [0, 0.1) is 0 Å². The maximum atomic E-state index is 4.42. The molecule has 2 N–H and O–H groups in total. The summed E-state index contributed by atoms with van der Waals surface area (Å²) in [5.41, 5.74) is 9.18. The van der Waals surface area contributed by atoms with E-state index in [0.29, 0.717) is 0 Å². The van der Waals surface area contributed by atoms with E-state index in [4.69, 9.17) is 0 Å². The summed E-state index contributed by atoms with van der Waals surface area (Å²) in [6.07, 6.45) is 3.88. The molecule has 0 saturated heterocycles. The fourth-order valence-electron chi connectivity index (χ4n) is 4.22. The first-order valence-corrected chi connectivity index (χ1v) is 10.3. The molecule has 8 heteroatoms. The van der Waals surface area contributed by atoms with Gasteiger partial charge in [0.05, 0.1) is 35.2 Å². The van der Waals surface area contributed by atoms with Crippen molar-refractivity contribution >= 4 is 0 Å². The van der Waals surface area contributed by atoms with Crippen LogP contribution in [0.5, 0.6) is 0 Å². The number of benzene rings is 2. The lowest BCUT2D eigenvalue weighted by molar-refractivity contribution is 0.804. The van der Waals surface area contributed by atoms with Crippen LogP contribution in [0.4, 0.5) is 0 Å². The van der Waals surface area contributed by atoms with Gasteiger partial charge in [0.25, 0.3) is 0 Å². The van der Waals surface area contributed by atoms with Gasteiger partial charge in [0.15, 0.2) is 0 Å². The topological polar surface area (TPSA) is 93.0 Å². The van der Waals surface area contributed by atoms with Gasteiger partial charge in [-0.3, -0.25) is 0 Å². The number of nitrogens with zero attached hydrogens (tertiary/aromatic N) is 6. The molecule has 8 bridgehead atoms. The van der Waals surface area contributed by atoms with Gasteiger partial charge >= 0.3 is 0 Å². The lowest BCUT2D eigenvalue weighted by atomic mass is 10.1. The fourth-order valence-corrected chi connectivity index (χ4v) is 4.22. The van der Waals surface area contributed by atoms with Crippen molar-refractivity contribution in [2.45, 2.75) is 0 Å². The number of H-pyrrole nitrogens is 2. The van der Waals surface area contributed by atoms with Crippen molar-refractivity contribution in [3.8, 4) is 56.7 Å². The van der Waals surface area contributed by atoms with Gasteiger partial charge in [0.2, 0.25) is 0 Å². The van der Waals surface area contributed by atoms with Crippen LogP contribution >= 0.6 is 0 Å². The monoisotopic (exact) mass is 416 g/mol. The summed E-state index contributed by atoms with van der Waals surface area (Å²) < 4.78 is 3.61. The number of hydrogen-bond donors (Lipinski definition) is 2. The second-order valence-corrected chi connectivity index (χ2v) is 7.70. The first-order chi connectivity index (χ1) is 15.8. The van der Waals surface area contributed by atoms with E-state index >= 15 is 0 Å². The Kier molecular flexibility index (Phi) is 3.40. The number of fused-ring (bicyclic) bond motifs is 16. The summed E-state index contributed by atoms with van der Waals surface area (Å²) in [7, 11) is 0. The van der Waals surface area contributed by atoms with Crippen molar-refractivity contribution in [2.75, 3.05) is 0 Å². The Morgan fingerprint density at radius 1 is 0.500 bits per heavy atom. The normalized spacial score (nSPS) is 11.8. The van der Waals surface area contributed by atoms with E-state index in [-0.39, 0.29) is 0 Å². The molecule has 1 aliphatic heterocycles. The molecular formula is C24H16N8. The summed E-state index contributed by atoms with van der Waals surface area (Å²) in [6, 6.07) is 24.4. The van der Waals surface area contributed by atoms with Gasteiger partial charge in [-0.1, -0.05) is 46.8 Å². The molecule has 0 fully saturated rings. The van der Waals surface area contributed by atoms with Crippen molar-refractivity contribution in [1.29, 1.82) is 0 Å². The molecule has 0 aliphatic carbocycles. The molecule has 5 heterocycles. The summed E-state index contributed by atoms with van der Waals surface area (Å²) in [5.74, 6) is 0. The highest BCUT2D eigenvalue weighted by Gasteiger charge is 2.17. The average Bonchev–Trinajstić information content (AvgIpc) is 3.63. The van der Waals surface area contributed by atoms with Gasteiger partial charge in [-0.2, -0.15) is 0 Å². The Morgan fingerprint density at radius 2 is 0.938 bits per heavy atom. The second-order valence-electron chi connectivity index (χ2n) is 7.70. The van der Waals surface area contributed by atoms with Gasteiger partial charge in [0.1, 0.15) is 11.4 Å². The van der Waals surface area contributed by atoms with Gasteiger partial charge in [-0.25, -0.2) is 9.36 Å². The highest BCUT2D eigenvalue weighted by Crippen LogP contribution is 2.32. The first-order valence-electron chi connectivity index (χ1n) is 10.3. The lowest BCUT2D eigenvalue weighted by Crippen LogP contribution is -1.98. The molecule has 2 aromatic carbocycles. The molecule has 0 atom stereocenters. The zero-order chi connectivity index (χ0) is 21.1. The van der Waals surface area contributed by atoms with Crippen LogP contribution in [-0.4, -0.2) is 40.0 Å². The van der Waals surface area contributed by atoms with E-state index in [1.807, 2.05) is 82.4 Å². The first kappa shape index (κ1) is 17.0. The summed E-state index contributed by atoms with van der Waals surface area (Å²) in [6.45, 7) is 0. The maximum absolute atomic E-state index is 4.42. The van der Waals surface area contributed by atoms with Crippen molar-refractivity contribution in [1.82, 2.24) is 40.0 Å². The molecule has 152 valence electrons. The van der Waals surface area contributed by atoms with Crippen LogP contribution in [0.15, 0.2) is 85.2 Å². The van der Waals surface area contributed by atoms with E-state index in [2.05, 4.69) is 42.7 Å². The molecule has 6 aromatic rings. The Morgan fingerprint density at radius 3 is 1.44 bits per heavy atom. The maximum Gasteiger partial charge on any atom is 0.129 e. The summed E-state index contributed by atoms with van der Waals surface area (Å²) in [5, 5.41) is 17.7. The number of aromatic nitrogens is 8. The summed E-state index contributed by atoms with van der Waals surface area (Å²) >= 11 is 0. The second kappa shape index (κ2) is 6.39. The van der Waals surface area contributed by atoms with Crippen molar-refractivity contribution in [2.24, 2.45) is 0 Å². The predicted molar refractivity (Wildman–Crippen MR) is 120 cm³/mol. The molecule has 8 nitrogen and oxygen atoms in total. The number of para-hydroxylation sites is 2. The van der Waals surface area contributed by atoms with E-state index in [9.17, 15) is 0 Å². The minimum absolute atomic E-state index is 0.769. The number of nitrogens with one attached hydrogen (secondary N) is 2. The molecule has 0 radical (unpaired) electrons. The largest absolute Gasteiger partial charge is 0.353 e. The minimum atomic E-state index is 0.769. The Bertz CT molecular complexity index is 1360. The SMILES string of the molecule is c1ccc2c(c1)-c1ccc([nH]1)-c1cn(nn1)-c1ccccc1-c1ccc([nH]1)-c1cn-2nn1. The molecule has 0 amide bonds. The molecule has 0 saturated carbocycles. The third-order valence-corrected chi connectivity index (χ3v) is 5.79. The van der Waals surface area contributed by atoms with Crippen LogP contribution in [0.3, 0.4) is 0 Å². The van der Waals surface area contributed by atoms with Crippen molar-refractivity contribution < 1.29 is 0 Å². The van der Waals surface area contributed by atoms with Crippen LogP contribution in [-0.2, 0) is 0 Å². The van der Waals surface area contributed by atoms with E-state index in [1.54, 1.807) is 0 Å². The fraction of sp³-hybridized carbons (Fsp3) is 0. The summed E-state index contributed by atoms with van der Waals surface area (Å²) in [4.78, 5) is 6.98. The predicted octanol–water partition coefficient (Wildman–Crippen LogP) is 4.49. The number of rotatable bonds is 0. The van der Waals surface area contributed by atoms with Crippen LogP contribution in [0.2, 0.25) is 0 Å². The lowest BCUT2D eigenvalue weighted by Gasteiger charge is -2.08.